The average molecular weight is 295 g/mol. The number of carbonyl (C=O) groups excluding carboxylic acids is 1. The van der Waals surface area contributed by atoms with Gasteiger partial charge in [0.2, 0.25) is 11.8 Å². The molecule has 0 aromatic carbocycles. The van der Waals surface area contributed by atoms with Gasteiger partial charge in [0.15, 0.2) is 5.82 Å². The number of carbonyl (C=O) groups is 1. The number of rotatable bonds is 6. The lowest BCUT2D eigenvalue weighted by Crippen LogP contribution is -2.31. The number of nitrogens with zero attached hydrogens (tertiary/aromatic N) is 2. The number of aromatic nitrogens is 2. The number of amides is 1. The van der Waals surface area contributed by atoms with E-state index < -0.39 is 0 Å². The first kappa shape index (κ1) is 15.9. The Kier molecular flexibility index (Phi) is 5.33. The lowest BCUT2D eigenvalue weighted by atomic mass is 9.96. The third kappa shape index (κ3) is 5.12. The number of aryl methyl sites for hydroxylation is 1. The normalized spacial score (nSPS) is 18.9. The molecule has 1 atom stereocenters. The molecule has 0 spiro atoms. The van der Waals surface area contributed by atoms with Gasteiger partial charge >= 0.3 is 0 Å². The molecule has 1 aliphatic rings. The van der Waals surface area contributed by atoms with Crippen LogP contribution in [0.15, 0.2) is 4.52 Å². The zero-order valence-corrected chi connectivity index (χ0v) is 13.1. The van der Waals surface area contributed by atoms with Crippen molar-refractivity contribution in [2.24, 2.45) is 0 Å². The highest BCUT2D eigenvalue weighted by Gasteiger charge is 2.21. The second kappa shape index (κ2) is 7.02. The molecule has 6 heteroatoms. The van der Waals surface area contributed by atoms with Gasteiger partial charge in [-0.05, 0) is 19.3 Å². The first-order valence-corrected chi connectivity index (χ1v) is 7.66. The molecule has 1 amide bonds. The van der Waals surface area contributed by atoms with E-state index in [9.17, 15) is 4.79 Å². The molecule has 1 aromatic rings. The van der Waals surface area contributed by atoms with Crippen LogP contribution in [-0.2, 0) is 21.4 Å². The van der Waals surface area contributed by atoms with Crippen molar-refractivity contribution in [3.8, 4) is 0 Å². The molecule has 21 heavy (non-hydrogen) atoms. The van der Waals surface area contributed by atoms with Crippen molar-refractivity contribution >= 4 is 5.91 Å². The smallest absolute Gasteiger partial charge is 0.226 e. The van der Waals surface area contributed by atoms with Gasteiger partial charge in [-0.25, -0.2) is 0 Å². The maximum Gasteiger partial charge on any atom is 0.226 e. The van der Waals surface area contributed by atoms with Gasteiger partial charge in [0.25, 0.3) is 0 Å². The Morgan fingerprint density at radius 3 is 2.86 bits per heavy atom. The third-order valence-electron chi connectivity index (χ3n) is 3.48. The molecule has 1 N–H and O–H groups in total. The van der Waals surface area contributed by atoms with Gasteiger partial charge in [0.1, 0.15) is 0 Å². The largest absolute Gasteiger partial charge is 0.376 e. The second-order valence-electron chi connectivity index (χ2n) is 6.55. The van der Waals surface area contributed by atoms with Crippen molar-refractivity contribution < 1.29 is 14.1 Å². The van der Waals surface area contributed by atoms with Crippen LogP contribution in [0.5, 0.6) is 0 Å². The van der Waals surface area contributed by atoms with E-state index in [1.807, 2.05) is 20.8 Å². The van der Waals surface area contributed by atoms with Crippen LogP contribution >= 0.6 is 0 Å². The first-order chi connectivity index (χ1) is 9.95. The maximum atomic E-state index is 11.7. The van der Waals surface area contributed by atoms with Gasteiger partial charge in [-0.2, -0.15) is 4.98 Å². The summed E-state index contributed by atoms with van der Waals surface area (Å²) in [5.41, 5.74) is -0.111. The fraction of sp³-hybridized carbons (Fsp3) is 0.800. The molecule has 0 saturated carbocycles. The van der Waals surface area contributed by atoms with Crippen LogP contribution in [0.1, 0.15) is 58.2 Å². The molecule has 1 unspecified atom stereocenters. The number of nitrogens with one attached hydrogen (secondary N) is 1. The van der Waals surface area contributed by atoms with Crippen molar-refractivity contribution in [3.63, 3.8) is 0 Å². The van der Waals surface area contributed by atoms with Gasteiger partial charge in [-0.3, -0.25) is 4.79 Å². The fourth-order valence-corrected chi connectivity index (χ4v) is 2.18. The highest BCUT2D eigenvalue weighted by Crippen LogP contribution is 2.18. The Morgan fingerprint density at radius 1 is 1.43 bits per heavy atom. The molecule has 1 saturated heterocycles. The monoisotopic (exact) mass is 295 g/mol. The maximum absolute atomic E-state index is 11.7. The molecule has 2 rings (SSSR count). The summed E-state index contributed by atoms with van der Waals surface area (Å²) in [5, 5.41) is 6.88. The summed E-state index contributed by atoms with van der Waals surface area (Å²) in [6, 6.07) is 0. The van der Waals surface area contributed by atoms with Crippen molar-refractivity contribution in [2.45, 2.75) is 64.4 Å². The molecule has 1 fully saturated rings. The SMILES string of the molecule is CC(C)(C)c1noc(CCCC(=O)NCC2CCCO2)n1. The highest BCUT2D eigenvalue weighted by molar-refractivity contribution is 5.75. The van der Waals surface area contributed by atoms with Crippen LogP contribution < -0.4 is 5.32 Å². The van der Waals surface area contributed by atoms with E-state index in [4.69, 9.17) is 9.26 Å². The van der Waals surface area contributed by atoms with Crippen molar-refractivity contribution in [1.82, 2.24) is 15.5 Å². The summed E-state index contributed by atoms with van der Waals surface area (Å²) >= 11 is 0. The van der Waals surface area contributed by atoms with E-state index in [0.717, 1.165) is 19.4 Å². The summed E-state index contributed by atoms with van der Waals surface area (Å²) in [6.07, 6.45) is 4.14. The zero-order chi connectivity index (χ0) is 15.3. The van der Waals surface area contributed by atoms with Crippen molar-refractivity contribution in [3.05, 3.63) is 11.7 Å². The average Bonchev–Trinajstić information content (AvgIpc) is 3.07. The summed E-state index contributed by atoms with van der Waals surface area (Å²) in [7, 11) is 0. The minimum atomic E-state index is -0.111. The topological polar surface area (TPSA) is 77.2 Å². The Bertz CT molecular complexity index is 459. The van der Waals surface area contributed by atoms with Gasteiger partial charge in [0.05, 0.1) is 6.10 Å². The number of hydrogen-bond donors (Lipinski definition) is 1. The molecular weight excluding hydrogens is 270 g/mol. The quantitative estimate of drug-likeness (QED) is 0.868. The van der Waals surface area contributed by atoms with Crippen LogP contribution in [0.25, 0.3) is 0 Å². The van der Waals surface area contributed by atoms with E-state index in [-0.39, 0.29) is 17.4 Å². The fourth-order valence-electron chi connectivity index (χ4n) is 2.18. The van der Waals surface area contributed by atoms with E-state index in [1.165, 1.54) is 0 Å². The Morgan fingerprint density at radius 2 is 2.24 bits per heavy atom. The molecule has 0 radical (unpaired) electrons. The van der Waals surface area contributed by atoms with Crippen LogP contribution in [0.4, 0.5) is 0 Å². The highest BCUT2D eigenvalue weighted by atomic mass is 16.5. The van der Waals surface area contributed by atoms with E-state index in [0.29, 0.717) is 37.5 Å². The Balaban J connectivity index is 1.64. The standard InChI is InChI=1S/C15H25N3O3/c1-15(2,3)14-17-13(21-18-14)8-4-7-12(19)16-10-11-6-5-9-20-11/h11H,4-10H2,1-3H3,(H,16,19). The van der Waals surface area contributed by atoms with E-state index in [2.05, 4.69) is 15.5 Å². The molecule has 1 aromatic heterocycles. The first-order valence-electron chi connectivity index (χ1n) is 7.66. The predicted octanol–water partition coefficient (Wildman–Crippen LogP) is 1.98. The minimum Gasteiger partial charge on any atom is -0.376 e. The summed E-state index contributed by atoms with van der Waals surface area (Å²) in [5.74, 6) is 1.37. The van der Waals surface area contributed by atoms with Crippen LogP contribution in [0.3, 0.4) is 0 Å². The number of hydrogen-bond acceptors (Lipinski definition) is 5. The second-order valence-corrected chi connectivity index (χ2v) is 6.55. The van der Waals surface area contributed by atoms with E-state index in [1.54, 1.807) is 0 Å². The van der Waals surface area contributed by atoms with Crippen LogP contribution in [-0.4, -0.2) is 35.3 Å². The third-order valence-corrected chi connectivity index (χ3v) is 3.48. The number of ether oxygens (including phenoxy) is 1. The Labute approximate surface area is 125 Å². The minimum absolute atomic E-state index is 0.0565. The van der Waals surface area contributed by atoms with Gasteiger partial charge < -0.3 is 14.6 Å². The van der Waals surface area contributed by atoms with Gasteiger partial charge in [0, 0.05) is 31.4 Å². The molecule has 1 aliphatic heterocycles. The van der Waals surface area contributed by atoms with Gasteiger partial charge in [-0.15, -0.1) is 0 Å². The van der Waals surface area contributed by atoms with Crippen molar-refractivity contribution in [2.75, 3.05) is 13.2 Å². The van der Waals surface area contributed by atoms with Gasteiger partial charge in [-0.1, -0.05) is 25.9 Å². The predicted molar refractivity (Wildman–Crippen MR) is 77.9 cm³/mol. The summed E-state index contributed by atoms with van der Waals surface area (Å²) < 4.78 is 10.7. The Hall–Kier alpha value is -1.43. The van der Waals surface area contributed by atoms with Crippen LogP contribution in [0, 0.1) is 0 Å². The summed E-state index contributed by atoms with van der Waals surface area (Å²) in [4.78, 5) is 16.1. The van der Waals surface area contributed by atoms with E-state index >= 15 is 0 Å². The summed E-state index contributed by atoms with van der Waals surface area (Å²) in [6.45, 7) is 7.56. The molecule has 0 bridgehead atoms. The molecule has 0 aliphatic carbocycles. The molecule has 6 nitrogen and oxygen atoms in total. The van der Waals surface area contributed by atoms with Crippen LogP contribution in [0.2, 0.25) is 0 Å². The van der Waals surface area contributed by atoms with Crippen molar-refractivity contribution in [1.29, 1.82) is 0 Å². The zero-order valence-electron chi connectivity index (χ0n) is 13.1. The molecule has 2 heterocycles. The molecular formula is C15H25N3O3. The lowest BCUT2D eigenvalue weighted by molar-refractivity contribution is -0.121. The molecule has 118 valence electrons. The lowest BCUT2D eigenvalue weighted by Gasteiger charge is -2.11.